The van der Waals surface area contributed by atoms with E-state index in [9.17, 15) is 0 Å². The summed E-state index contributed by atoms with van der Waals surface area (Å²) in [4.78, 5) is 0. The molecule has 0 amide bonds. The third kappa shape index (κ3) is 8.39. The molecule has 0 fully saturated rings. The number of rotatable bonds is 4. The SMILES string of the molecule is COCOC/C=C(/C)I. The predicted molar refractivity (Wildman–Crippen MR) is 45.6 cm³/mol. The van der Waals surface area contributed by atoms with Gasteiger partial charge in [0.15, 0.2) is 0 Å². The molecule has 0 aliphatic carbocycles. The summed E-state index contributed by atoms with van der Waals surface area (Å²) in [6.45, 7) is 3.04. The van der Waals surface area contributed by atoms with Gasteiger partial charge in [-0.15, -0.1) is 0 Å². The molecule has 0 atom stereocenters. The Balaban J connectivity index is 3.00. The van der Waals surface area contributed by atoms with Gasteiger partial charge in [0.1, 0.15) is 6.79 Å². The minimum atomic E-state index is 0.375. The molecule has 0 aromatic heterocycles. The molecule has 0 radical (unpaired) electrons. The van der Waals surface area contributed by atoms with Gasteiger partial charge in [0.05, 0.1) is 6.61 Å². The van der Waals surface area contributed by atoms with Crippen molar-refractivity contribution in [1.82, 2.24) is 0 Å². The maximum atomic E-state index is 4.99. The number of ether oxygens (including phenoxy) is 2. The molecule has 0 unspecified atom stereocenters. The fourth-order valence-corrected chi connectivity index (χ4v) is 0.485. The summed E-state index contributed by atoms with van der Waals surface area (Å²) >= 11 is 2.23. The highest BCUT2D eigenvalue weighted by atomic mass is 127. The number of methoxy groups -OCH3 is 1. The van der Waals surface area contributed by atoms with Gasteiger partial charge in [-0.2, -0.15) is 0 Å². The van der Waals surface area contributed by atoms with Gasteiger partial charge in [-0.05, 0) is 39.2 Å². The van der Waals surface area contributed by atoms with Crippen LogP contribution in [-0.2, 0) is 9.47 Å². The van der Waals surface area contributed by atoms with Crippen molar-refractivity contribution < 1.29 is 9.47 Å². The zero-order valence-corrected chi connectivity index (χ0v) is 7.84. The Kier molecular flexibility index (Phi) is 6.79. The molecule has 9 heavy (non-hydrogen) atoms. The summed E-state index contributed by atoms with van der Waals surface area (Å²) in [5.41, 5.74) is 0. The predicted octanol–water partition coefficient (Wildman–Crippen LogP) is 1.95. The lowest BCUT2D eigenvalue weighted by Gasteiger charge is -1.96. The van der Waals surface area contributed by atoms with Crippen molar-refractivity contribution in [2.75, 3.05) is 20.5 Å². The second kappa shape index (κ2) is 6.51. The van der Waals surface area contributed by atoms with E-state index in [4.69, 9.17) is 4.74 Å². The fourth-order valence-electron chi connectivity index (χ4n) is 0.305. The molecule has 0 aliphatic heterocycles. The summed E-state index contributed by atoms with van der Waals surface area (Å²) in [5, 5.41) is 0. The molecular formula is C6H11IO2. The van der Waals surface area contributed by atoms with Crippen LogP contribution < -0.4 is 0 Å². The molecule has 2 nitrogen and oxygen atoms in total. The minimum absolute atomic E-state index is 0.375. The van der Waals surface area contributed by atoms with Crippen LogP contribution >= 0.6 is 22.6 Å². The Morgan fingerprint density at radius 2 is 2.33 bits per heavy atom. The van der Waals surface area contributed by atoms with Gasteiger partial charge in [0, 0.05) is 7.11 Å². The summed E-state index contributed by atoms with van der Waals surface area (Å²) in [5.74, 6) is 0. The zero-order chi connectivity index (χ0) is 7.11. The van der Waals surface area contributed by atoms with Gasteiger partial charge in [0.2, 0.25) is 0 Å². The maximum absolute atomic E-state index is 4.99. The number of halogens is 1. The highest BCUT2D eigenvalue weighted by molar-refractivity contribution is 14.1. The Morgan fingerprint density at radius 3 is 2.78 bits per heavy atom. The van der Waals surface area contributed by atoms with Crippen LogP contribution in [0.1, 0.15) is 6.92 Å². The molecule has 0 saturated heterocycles. The second-order valence-electron chi connectivity index (χ2n) is 1.57. The van der Waals surface area contributed by atoms with Gasteiger partial charge in [-0.25, -0.2) is 0 Å². The average molecular weight is 242 g/mol. The summed E-state index contributed by atoms with van der Waals surface area (Å²) in [6.07, 6.45) is 2.00. The van der Waals surface area contributed by atoms with Crippen LogP contribution in [0.3, 0.4) is 0 Å². The minimum Gasteiger partial charge on any atom is -0.359 e. The first kappa shape index (κ1) is 9.39. The van der Waals surface area contributed by atoms with Gasteiger partial charge in [-0.1, -0.05) is 0 Å². The number of allylic oxidation sites excluding steroid dienone is 1. The van der Waals surface area contributed by atoms with Crippen molar-refractivity contribution >= 4 is 22.6 Å². The Labute approximate surface area is 69.4 Å². The molecule has 3 heteroatoms. The smallest absolute Gasteiger partial charge is 0.146 e. The Bertz CT molecular complexity index is 87.1. The monoisotopic (exact) mass is 242 g/mol. The molecule has 0 bridgehead atoms. The second-order valence-corrected chi connectivity index (χ2v) is 3.27. The lowest BCUT2D eigenvalue weighted by molar-refractivity contribution is -0.0186. The van der Waals surface area contributed by atoms with Crippen molar-refractivity contribution in [3.8, 4) is 0 Å². The van der Waals surface area contributed by atoms with Crippen LogP contribution in [-0.4, -0.2) is 20.5 Å². The Morgan fingerprint density at radius 1 is 1.67 bits per heavy atom. The van der Waals surface area contributed by atoms with Crippen molar-refractivity contribution in [3.63, 3.8) is 0 Å². The Hall–Kier alpha value is 0.390. The lowest BCUT2D eigenvalue weighted by atomic mass is 10.6. The van der Waals surface area contributed by atoms with Crippen LogP contribution in [0.15, 0.2) is 9.66 Å². The third-order valence-corrected chi connectivity index (χ3v) is 1.12. The van der Waals surface area contributed by atoms with Crippen LogP contribution in [0.2, 0.25) is 0 Å². The topological polar surface area (TPSA) is 18.5 Å². The first-order chi connectivity index (χ1) is 4.27. The van der Waals surface area contributed by atoms with E-state index in [2.05, 4.69) is 27.3 Å². The van der Waals surface area contributed by atoms with E-state index < -0.39 is 0 Å². The molecule has 0 aliphatic rings. The van der Waals surface area contributed by atoms with E-state index in [1.165, 1.54) is 3.58 Å². The van der Waals surface area contributed by atoms with Crippen LogP contribution in [0.5, 0.6) is 0 Å². The molecule has 54 valence electrons. The lowest BCUT2D eigenvalue weighted by Crippen LogP contribution is -1.95. The quantitative estimate of drug-likeness (QED) is 0.426. The van der Waals surface area contributed by atoms with Gasteiger partial charge < -0.3 is 9.47 Å². The molecule has 0 aromatic rings. The molecule has 0 saturated carbocycles. The third-order valence-electron chi connectivity index (χ3n) is 0.684. The number of hydrogen-bond donors (Lipinski definition) is 0. The summed E-state index contributed by atoms with van der Waals surface area (Å²) in [6, 6.07) is 0. The molecule has 0 spiro atoms. The van der Waals surface area contributed by atoms with E-state index in [0.717, 1.165) is 0 Å². The first-order valence-corrected chi connectivity index (χ1v) is 3.74. The zero-order valence-electron chi connectivity index (χ0n) is 5.69. The van der Waals surface area contributed by atoms with E-state index in [1.54, 1.807) is 7.11 Å². The molecule has 0 N–H and O–H groups in total. The normalized spacial score (nSPS) is 12.1. The fraction of sp³-hybridized carbons (Fsp3) is 0.667. The van der Waals surface area contributed by atoms with Crippen molar-refractivity contribution in [3.05, 3.63) is 9.66 Å². The van der Waals surface area contributed by atoms with Gasteiger partial charge >= 0.3 is 0 Å². The van der Waals surface area contributed by atoms with E-state index in [-0.39, 0.29) is 0 Å². The van der Waals surface area contributed by atoms with E-state index in [1.807, 2.05) is 13.0 Å². The van der Waals surface area contributed by atoms with E-state index in [0.29, 0.717) is 13.4 Å². The van der Waals surface area contributed by atoms with Crippen LogP contribution in [0, 0.1) is 0 Å². The van der Waals surface area contributed by atoms with Gasteiger partial charge in [0.25, 0.3) is 0 Å². The standard InChI is InChI=1S/C6H11IO2/c1-6(7)3-4-9-5-8-2/h3H,4-5H2,1-2H3/b6-3-. The first-order valence-electron chi connectivity index (χ1n) is 2.66. The highest BCUT2D eigenvalue weighted by Gasteiger charge is 1.80. The molecule has 0 aromatic carbocycles. The van der Waals surface area contributed by atoms with Crippen LogP contribution in [0.4, 0.5) is 0 Å². The van der Waals surface area contributed by atoms with Crippen molar-refractivity contribution in [2.24, 2.45) is 0 Å². The van der Waals surface area contributed by atoms with Crippen molar-refractivity contribution in [2.45, 2.75) is 6.92 Å². The van der Waals surface area contributed by atoms with Crippen LogP contribution in [0.25, 0.3) is 0 Å². The molecule has 0 heterocycles. The highest BCUT2D eigenvalue weighted by Crippen LogP contribution is 2.01. The summed E-state index contributed by atoms with van der Waals surface area (Å²) < 4.78 is 10.9. The molecular weight excluding hydrogens is 231 g/mol. The van der Waals surface area contributed by atoms with Gasteiger partial charge in [-0.3, -0.25) is 0 Å². The number of hydrogen-bond acceptors (Lipinski definition) is 2. The maximum Gasteiger partial charge on any atom is 0.146 e. The largest absolute Gasteiger partial charge is 0.359 e. The van der Waals surface area contributed by atoms with E-state index >= 15 is 0 Å². The summed E-state index contributed by atoms with van der Waals surface area (Å²) in [7, 11) is 1.61. The average Bonchev–Trinajstić information content (AvgIpc) is 1.80. The van der Waals surface area contributed by atoms with Crippen molar-refractivity contribution in [1.29, 1.82) is 0 Å². The molecule has 0 rings (SSSR count).